The van der Waals surface area contributed by atoms with Crippen molar-refractivity contribution < 1.29 is 9.53 Å². The van der Waals surface area contributed by atoms with Gasteiger partial charge in [-0.15, -0.1) is 0 Å². The zero-order chi connectivity index (χ0) is 18.6. The van der Waals surface area contributed by atoms with Gasteiger partial charge in [0.1, 0.15) is 0 Å². The van der Waals surface area contributed by atoms with Gasteiger partial charge in [-0.1, -0.05) is 29.8 Å². The Morgan fingerprint density at radius 2 is 1.96 bits per heavy atom. The molecule has 5 nitrogen and oxygen atoms in total. The Kier molecular flexibility index (Phi) is 5.50. The molecule has 2 aliphatic rings. The third-order valence-corrected chi connectivity index (χ3v) is 5.51. The second kappa shape index (κ2) is 8.19. The van der Waals surface area contributed by atoms with Crippen molar-refractivity contribution in [3.63, 3.8) is 0 Å². The highest BCUT2D eigenvalue weighted by atomic mass is 16.5. The first kappa shape index (κ1) is 18.1. The van der Waals surface area contributed by atoms with Gasteiger partial charge in [-0.05, 0) is 30.2 Å². The number of carbonyl (C=O) groups is 1. The number of ether oxygens (including phenoxy) is 1. The smallest absolute Gasteiger partial charge is 0.227 e. The third-order valence-electron chi connectivity index (χ3n) is 5.51. The van der Waals surface area contributed by atoms with E-state index in [0.717, 1.165) is 38.3 Å². The van der Waals surface area contributed by atoms with E-state index in [1.165, 1.54) is 11.1 Å². The Morgan fingerprint density at radius 1 is 1.11 bits per heavy atom. The lowest BCUT2D eigenvalue weighted by atomic mass is 10.1. The average Bonchev–Trinajstić information content (AvgIpc) is 2.92. The molecule has 0 radical (unpaired) electrons. The molecule has 0 unspecified atom stereocenters. The quantitative estimate of drug-likeness (QED) is 0.834. The first-order chi connectivity index (χ1) is 13.2. The standard InChI is InChI=1S/C22H27N3O2/c1-17-3-2-4-19(9-17)11-24-12-20-13-25(14-21(24)16-27-15-20)22(26)10-18-5-7-23-8-6-18/h2-9,20-21H,10-16H2,1H3/t20-,21+/m1/s1. The molecule has 1 aromatic carbocycles. The zero-order valence-corrected chi connectivity index (χ0v) is 15.9. The van der Waals surface area contributed by atoms with Gasteiger partial charge >= 0.3 is 0 Å². The minimum atomic E-state index is 0.204. The van der Waals surface area contributed by atoms with Crippen molar-refractivity contribution in [1.29, 1.82) is 0 Å². The number of nitrogens with zero attached hydrogens (tertiary/aromatic N) is 3. The van der Waals surface area contributed by atoms with Crippen LogP contribution in [-0.2, 0) is 22.5 Å². The maximum atomic E-state index is 12.9. The van der Waals surface area contributed by atoms with Crippen LogP contribution in [0.15, 0.2) is 48.8 Å². The van der Waals surface area contributed by atoms with Crippen LogP contribution in [0.4, 0.5) is 0 Å². The van der Waals surface area contributed by atoms with Crippen LogP contribution < -0.4 is 0 Å². The number of rotatable bonds is 4. The van der Waals surface area contributed by atoms with Crippen molar-refractivity contribution >= 4 is 5.91 Å². The van der Waals surface area contributed by atoms with E-state index in [0.29, 0.717) is 18.9 Å². The van der Waals surface area contributed by atoms with Crippen molar-refractivity contribution in [1.82, 2.24) is 14.8 Å². The molecule has 2 bridgehead atoms. The summed E-state index contributed by atoms with van der Waals surface area (Å²) in [5, 5.41) is 0. The van der Waals surface area contributed by atoms with Gasteiger partial charge in [0.2, 0.25) is 5.91 Å². The van der Waals surface area contributed by atoms with Gasteiger partial charge in [0.25, 0.3) is 0 Å². The molecule has 27 heavy (non-hydrogen) atoms. The van der Waals surface area contributed by atoms with E-state index >= 15 is 0 Å². The summed E-state index contributed by atoms with van der Waals surface area (Å²) in [6.45, 7) is 6.99. The van der Waals surface area contributed by atoms with Crippen LogP contribution in [0.3, 0.4) is 0 Å². The zero-order valence-electron chi connectivity index (χ0n) is 15.9. The Morgan fingerprint density at radius 3 is 2.78 bits per heavy atom. The van der Waals surface area contributed by atoms with Gasteiger partial charge < -0.3 is 9.64 Å². The molecule has 0 N–H and O–H groups in total. The molecule has 5 heteroatoms. The third kappa shape index (κ3) is 4.54. The highest BCUT2D eigenvalue weighted by Crippen LogP contribution is 2.22. The Labute approximate surface area is 161 Å². The van der Waals surface area contributed by atoms with E-state index in [-0.39, 0.29) is 11.9 Å². The van der Waals surface area contributed by atoms with Gasteiger partial charge in [0, 0.05) is 44.5 Å². The summed E-state index contributed by atoms with van der Waals surface area (Å²) in [5.74, 6) is 0.569. The summed E-state index contributed by atoms with van der Waals surface area (Å²) in [6.07, 6.45) is 3.94. The van der Waals surface area contributed by atoms with E-state index in [9.17, 15) is 4.79 Å². The average molecular weight is 365 g/mol. The number of hydrogen-bond acceptors (Lipinski definition) is 4. The highest BCUT2D eigenvalue weighted by Gasteiger charge is 2.34. The van der Waals surface area contributed by atoms with Crippen molar-refractivity contribution in [3.05, 3.63) is 65.5 Å². The van der Waals surface area contributed by atoms with Gasteiger partial charge in [0.15, 0.2) is 0 Å². The fraction of sp³-hybridized carbons (Fsp3) is 0.455. The number of amides is 1. The minimum absolute atomic E-state index is 0.204. The first-order valence-electron chi connectivity index (χ1n) is 9.71. The second-order valence-corrected chi connectivity index (χ2v) is 7.81. The first-order valence-corrected chi connectivity index (χ1v) is 9.71. The number of aryl methyl sites for hydroxylation is 1. The van der Waals surface area contributed by atoms with Crippen LogP contribution in [0, 0.1) is 12.8 Å². The molecule has 2 aromatic rings. The lowest BCUT2D eigenvalue weighted by molar-refractivity contribution is -0.132. The van der Waals surface area contributed by atoms with E-state index in [2.05, 4.69) is 46.0 Å². The summed E-state index contributed by atoms with van der Waals surface area (Å²) in [7, 11) is 0. The molecule has 0 spiro atoms. The van der Waals surface area contributed by atoms with E-state index in [1.807, 2.05) is 12.1 Å². The Balaban J connectivity index is 1.47. The molecule has 3 heterocycles. The molecular formula is C22H27N3O2. The van der Waals surface area contributed by atoms with E-state index in [4.69, 9.17) is 4.74 Å². The van der Waals surface area contributed by atoms with E-state index in [1.54, 1.807) is 12.4 Å². The highest BCUT2D eigenvalue weighted by molar-refractivity contribution is 5.78. The predicted molar refractivity (Wildman–Crippen MR) is 104 cm³/mol. The van der Waals surface area contributed by atoms with Crippen LogP contribution in [0.25, 0.3) is 0 Å². The lowest BCUT2D eigenvalue weighted by Crippen LogP contribution is -2.46. The van der Waals surface area contributed by atoms with Crippen molar-refractivity contribution in [2.45, 2.75) is 25.9 Å². The SMILES string of the molecule is Cc1cccc(CN2C[C@H]3COC[C@@H]2CN(C(=O)Cc2ccncc2)C3)c1. The number of aromatic nitrogens is 1. The minimum Gasteiger partial charge on any atom is -0.379 e. The largest absolute Gasteiger partial charge is 0.379 e. The summed E-state index contributed by atoms with van der Waals surface area (Å²) in [5.41, 5.74) is 3.64. The number of carbonyl (C=O) groups excluding carboxylic acids is 1. The number of hydrogen-bond donors (Lipinski definition) is 0. The van der Waals surface area contributed by atoms with Crippen molar-refractivity contribution in [2.75, 3.05) is 32.8 Å². The maximum absolute atomic E-state index is 12.9. The number of benzene rings is 1. The Hall–Kier alpha value is -2.24. The molecule has 4 rings (SSSR count). The molecule has 2 fully saturated rings. The van der Waals surface area contributed by atoms with Gasteiger partial charge in [-0.2, -0.15) is 0 Å². The lowest BCUT2D eigenvalue weighted by Gasteiger charge is -2.31. The number of pyridine rings is 1. The Bertz CT molecular complexity index is 780. The van der Waals surface area contributed by atoms with Crippen LogP contribution >= 0.6 is 0 Å². The fourth-order valence-corrected chi connectivity index (χ4v) is 4.16. The summed E-state index contributed by atoms with van der Waals surface area (Å²) >= 11 is 0. The normalized spacial score (nSPS) is 23.1. The molecule has 2 atom stereocenters. The molecular weight excluding hydrogens is 338 g/mol. The molecule has 1 amide bonds. The summed E-state index contributed by atoms with van der Waals surface area (Å²) in [4.78, 5) is 21.5. The summed E-state index contributed by atoms with van der Waals surface area (Å²) in [6, 6.07) is 12.8. The monoisotopic (exact) mass is 365 g/mol. The molecule has 2 aliphatic heterocycles. The number of fused-ring (bicyclic) bond motifs is 3. The fourth-order valence-electron chi connectivity index (χ4n) is 4.16. The van der Waals surface area contributed by atoms with Crippen LogP contribution in [-0.4, -0.2) is 59.6 Å². The van der Waals surface area contributed by atoms with Crippen LogP contribution in [0.2, 0.25) is 0 Å². The second-order valence-electron chi connectivity index (χ2n) is 7.81. The van der Waals surface area contributed by atoms with Crippen LogP contribution in [0.5, 0.6) is 0 Å². The van der Waals surface area contributed by atoms with Crippen molar-refractivity contribution in [2.24, 2.45) is 5.92 Å². The maximum Gasteiger partial charge on any atom is 0.227 e. The predicted octanol–water partition coefficient (Wildman–Crippen LogP) is 2.29. The molecule has 2 saturated heterocycles. The topological polar surface area (TPSA) is 45.7 Å². The molecule has 142 valence electrons. The van der Waals surface area contributed by atoms with Crippen LogP contribution in [0.1, 0.15) is 16.7 Å². The van der Waals surface area contributed by atoms with Gasteiger partial charge in [-0.25, -0.2) is 0 Å². The van der Waals surface area contributed by atoms with Gasteiger partial charge in [0.05, 0.1) is 25.7 Å². The molecule has 0 saturated carbocycles. The molecule has 0 aliphatic carbocycles. The molecule has 1 aromatic heterocycles. The van der Waals surface area contributed by atoms with Gasteiger partial charge in [-0.3, -0.25) is 14.7 Å². The van der Waals surface area contributed by atoms with E-state index < -0.39 is 0 Å². The van der Waals surface area contributed by atoms with Crippen molar-refractivity contribution in [3.8, 4) is 0 Å². The summed E-state index contributed by atoms with van der Waals surface area (Å²) < 4.78 is 5.91.